The van der Waals surface area contributed by atoms with Crippen LogP contribution < -0.4 is 4.74 Å². The van der Waals surface area contributed by atoms with Crippen LogP contribution >= 0.6 is 0 Å². The Morgan fingerprint density at radius 2 is 1.66 bits per heavy atom. The number of rotatable bonds is 3. The lowest BCUT2D eigenvalue weighted by molar-refractivity contribution is -0.0518. The zero-order valence-corrected chi connectivity index (χ0v) is 17.1. The van der Waals surface area contributed by atoms with E-state index in [-0.39, 0.29) is 6.29 Å². The molecule has 2 aromatic rings. The third kappa shape index (κ3) is 5.56. The molecule has 0 aromatic heterocycles. The molecule has 0 amide bonds. The van der Waals surface area contributed by atoms with Crippen LogP contribution in [0.2, 0.25) is 0 Å². The Hall–Kier alpha value is -1.49. The van der Waals surface area contributed by atoms with Crippen LogP contribution in [0.15, 0.2) is 41.3 Å². The molecular weight excluding hydrogens is 429 g/mol. The first-order chi connectivity index (χ1) is 13.7. The van der Waals surface area contributed by atoms with Crippen LogP contribution in [0.4, 0.5) is 13.2 Å². The van der Waals surface area contributed by atoms with Crippen molar-refractivity contribution in [2.45, 2.75) is 42.4 Å². The molecule has 0 radical (unpaired) electrons. The van der Waals surface area contributed by atoms with Gasteiger partial charge in [-0.3, -0.25) is 0 Å². The molecule has 2 aromatic carbocycles. The summed E-state index contributed by atoms with van der Waals surface area (Å²) >= 11 is 0. The third-order valence-corrected chi connectivity index (χ3v) is 7.72. The van der Waals surface area contributed by atoms with E-state index in [0.29, 0.717) is 10.9 Å². The van der Waals surface area contributed by atoms with Gasteiger partial charge in [0.1, 0.15) is 17.3 Å². The highest BCUT2D eigenvalue weighted by atomic mass is 32.2. The van der Waals surface area contributed by atoms with E-state index >= 15 is 0 Å². The smallest absolute Gasteiger partial charge is 0.485 e. The molecule has 0 bridgehead atoms. The molecule has 2 heterocycles. The second-order valence-electron chi connectivity index (χ2n) is 6.68. The highest BCUT2D eigenvalue weighted by Crippen LogP contribution is 2.34. The van der Waals surface area contributed by atoms with Gasteiger partial charge in [-0.15, -0.1) is 0 Å². The second kappa shape index (κ2) is 9.11. The van der Waals surface area contributed by atoms with E-state index in [1.807, 2.05) is 0 Å². The molecule has 2 aliphatic rings. The van der Waals surface area contributed by atoms with Crippen molar-refractivity contribution in [3.8, 4) is 5.75 Å². The van der Waals surface area contributed by atoms with Gasteiger partial charge in [0.25, 0.3) is 0 Å². The third-order valence-electron chi connectivity index (χ3n) is 4.61. The van der Waals surface area contributed by atoms with Crippen molar-refractivity contribution in [2.75, 3.05) is 18.1 Å². The molecular formula is C19H21F3O5S2. The molecule has 0 N–H and O–H groups in total. The number of halogens is 3. The molecule has 10 heteroatoms. The number of ether oxygens (including phenoxy) is 2. The molecule has 2 aliphatic heterocycles. The van der Waals surface area contributed by atoms with E-state index in [0.717, 1.165) is 25.2 Å². The zero-order valence-electron chi connectivity index (χ0n) is 15.5. The van der Waals surface area contributed by atoms with Gasteiger partial charge in [-0.1, -0.05) is 18.2 Å². The SMILES string of the molecule is O=S(=O)([O-])C(F)(F)F.c1cc([S+]2CCCC2)c2cccc(OC3CCCO3)c2c1. The number of fused-ring (bicyclic) bond motifs is 1. The van der Waals surface area contributed by atoms with E-state index in [1.54, 1.807) is 0 Å². The van der Waals surface area contributed by atoms with Crippen molar-refractivity contribution in [2.24, 2.45) is 0 Å². The minimum absolute atomic E-state index is 0.0619. The summed E-state index contributed by atoms with van der Waals surface area (Å²) in [5.74, 6) is 3.69. The monoisotopic (exact) mass is 450 g/mol. The summed E-state index contributed by atoms with van der Waals surface area (Å²) in [7, 11) is -5.65. The van der Waals surface area contributed by atoms with Crippen LogP contribution in [0.25, 0.3) is 10.8 Å². The lowest BCUT2D eigenvalue weighted by Gasteiger charge is -2.15. The highest BCUT2D eigenvalue weighted by Gasteiger charge is 2.37. The summed E-state index contributed by atoms with van der Waals surface area (Å²) < 4.78 is 70.6. The molecule has 2 saturated heterocycles. The van der Waals surface area contributed by atoms with Crippen molar-refractivity contribution < 1.29 is 35.6 Å². The fourth-order valence-corrected chi connectivity index (χ4v) is 5.77. The van der Waals surface area contributed by atoms with Gasteiger partial charge in [0.05, 0.1) is 6.61 Å². The van der Waals surface area contributed by atoms with Gasteiger partial charge in [0, 0.05) is 28.1 Å². The van der Waals surface area contributed by atoms with Crippen molar-refractivity contribution in [1.29, 1.82) is 0 Å². The Balaban J connectivity index is 0.000000258. The molecule has 1 unspecified atom stereocenters. The van der Waals surface area contributed by atoms with Gasteiger partial charge in [-0.2, -0.15) is 13.2 Å². The van der Waals surface area contributed by atoms with Gasteiger partial charge in [-0.05, 0) is 37.5 Å². The van der Waals surface area contributed by atoms with Crippen LogP contribution in [-0.4, -0.2) is 42.9 Å². The molecule has 1 atom stereocenters. The Morgan fingerprint density at radius 3 is 2.24 bits per heavy atom. The van der Waals surface area contributed by atoms with E-state index < -0.39 is 15.6 Å². The Morgan fingerprint density at radius 1 is 1.03 bits per heavy atom. The minimum atomic E-state index is -6.09. The van der Waals surface area contributed by atoms with Gasteiger partial charge in [0.15, 0.2) is 21.3 Å². The first-order valence-corrected chi connectivity index (χ1v) is 12.1. The molecule has 4 rings (SSSR count). The highest BCUT2D eigenvalue weighted by molar-refractivity contribution is 7.97. The Kier molecular flexibility index (Phi) is 6.98. The summed E-state index contributed by atoms with van der Waals surface area (Å²) in [6.07, 6.45) is 4.80. The van der Waals surface area contributed by atoms with Crippen molar-refractivity contribution in [1.82, 2.24) is 0 Å². The normalized spacial score (nSPS) is 20.5. The average molecular weight is 451 g/mol. The van der Waals surface area contributed by atoms with Crippen molar-refractivity contribution in [3.63, 3.8) is 0 Å². The van der Waals surface area contributed by atoms with Crippen molar-refractivity contribution >= 4 is 31.8 Å². The van der Waals surface area contributed by atoms with Crippen molar-refractivity contribution in [3.05, 3.63) is 36.4 Å². The van der Waals surface area contributed by atoms with Crippen LogP contribution in [0.3, 0.4) is 0 Å². The summed E-state index contributed by atoms with van der Waals surface area (Å²) in [5, 5.41) is 2.61. The van der Waals surface area contributed by atoms with E-state index in [4.69, 9.17) is 22.4 Å². The maximum absolute atomic E-state index is 10.7. The fourth-order valence-electron chi connectivity index (χ4n) is 3.26. The number of alkyl halides is 3. The number of hydrogen-bond donors (Lipinski definition) is 0. The number of hydrogen-bond acceptors (Lipinski definition) is 5. The van der Waals surface area contributed by atoms with Gasteiger partial charge < -0.3 is 14.0 Å². The first kappa shape index (κ1) is 22.2. The van der Waals surface area contributed by atoms with Gasteiger partial charge in [-0.25, -0.2) is 8.42 Å². The minimum Gasteiger partial charge on any atom is -0.741 e. The van der Waals surface area contributed by atoms with E-state index in [2.05, 4.69) is 36.4 Å². The topological polar surface area (TPSA) is 75.7 Å². The number of benzene rings is 2. The molecule has 160 valence electrons. The molecule has 0 saturated carbocycles. The maximum Gasteiger partial charge on any atom is 0.485 e. The molecule has 0 aliphatic carbocycles. The first-order valence-electron chi connectivity index (χ1n) is 9.16. The summed E-state index contributed by atoms with van der Waals surface area (Å²) in [5.41, 5.74) is -5.65. The van der Waals surface area contributed by atoms with E-state index in [9.17, 15) is 13.2 Å². The predicted molar refractivity (Wildman–Crippen MR) is 104 cm³/mol. The average Bonchev–Trinajstić information content (AvgIpc) is 3.34. The molecule has 0 spiro atoms. The summed E-state index contributed by atoms with van der Waals surface area (Å²) in [6.45, 7) is 0.824. The Labute approximate surface area is 170 Å². The lowest BCUT2D eigenvalue weighted by atomic mass is 10.1. The van der Waals surface area contributed by atoms with Gasteiger partial charge >= 0.3 is 5.51 Å². The molecule has 5 nitrogen and oxygen atoms in total. The molecule has 29 heavy (non-hydrogen) atoms. The lowest BCUT2D eigenvalue weighted by Crippen LogP contribution is -2.21. The largest absolute Gasteiger partial charge is 0.741 e. The second-order valence-corrected chi connectivity index (χ2v) is 10.3. The standard InChI is InChI=1S/C18H21O2S.CHF3O3S/c1-2-13-21(12-1)17-9-4-6-14-15(17)7-3-8-16(14)20-18-10-5-11-19-18;2-1(3,4)8(5,6)7/h3-4,6-9,18H,1-2,5,10-13H2;(H,5,6,7)/q+1;/p-1. The zero-order chi connectivity index (χ0) is 21.1. The fraction of sp³-hybridized carbons (Fsp3) is 0.474. The predicted octanol–water partition coefficient (Wildman–Crippen LogP) is 4.18. The van der Waals surface area contributed by atoms with Crippen LogP contribution in [-0.2, 0) is 25.7 Å². The van der Waals surface area contributed by atoms with Crippen LogP contribution in [0.5, 0.6) is 5.75 Å². The quantitative estimate of drug-likeness (QED) is 0.398. The summed E-state index contributed by atoms with van der Waals surface area (Å²) in [4.78, 5) is 1.53. The van der Waals surface area contributed by atoms with Crippen LogP contribution in [0.1, 0.15) is 25.7 Å². The van der Waals surface area contributed by atoms with E-state index in [1.165, 1.54) is 40.0 Å². The molecule has 2 fully saturated rings. The van der Waals surface area contributed by atoms with Gasteiger partial charge in [0.2, 0.25) is 0 Å². The summed E-state index contributed by atoms with van der Waals surface area (Å²) in [6, 6.07) is 13.1. The maximum atomic E-state index is 10.7. The Bertz CT molecular complexity index is 935. The van der Waals surface area contributed by atoms with Crippen LogP contribution in [0, 0.1) is 0 Å².